The van der Waals surface area contributed by atoms with Gasteiger partial charge in [-0.2, -0.15) is 11.8 Å². The third-order valence-electron chi connectivity index (χ3n) is 1.61. The maximum atomic E-state index is 11.5. The molecule has 1 aromatic rings. The number of thiophene rings is 1. The molecular weight excluding hydrogens is 282 g/mol. The lowest BCUT2D eigenvalue weighted by Gasteiger charge is -2.01. The van der Waals surface area contributed by atoms with Crippen molar-refractivity contribution in [2.45, 2.75) is 6.42 Å². The van der Waals surface area contributed by atoms with Gasteiger partial charge in [0.15, 0.2) is 0 Å². The van der Waals surface area contributed by atoms with E-state index in [2.05, 4.69) is 27.5 Å². The van der Waals surface area contributed by atoms with Crippen molar-refractivity contribution in [1.82, 2.24) is 5.32 Å². The van der Waals surface area contributed by atoms with E-state index in [1.165, 1.54) is 11.3 Å². The van der Waals surface area contributed by atoms with Crippen molar-refractivity contribution in [1.29, 1.82) is 0 Å². The fourth-order valence-electron chi connectivity index (χ4n) is 0.942. The molecule has 0 radical (unpaired) electrons. The van der Waals surface area contributed by atoms with Crippen LogP contribution in [0.3, 0.4) is 0 Å². The van der Waals surface area contributed by atoms with E-state index < -0.39 is 0 Å². The molecule has 78 valence electrons. The molecule has 0 fully saturated rings. The van der Waals surface area contributed by atoms with Crippen LogP contribution in [0.2, 0.25) is 0 Å². The summed E-state index contributed by atoms with van der Waals surface area (Å²) < 4.78 is 0.992. The molecule has 1 heterocycles. The summed E-state index contributed by atoms with van der Waals surface area (Å²) in [6.07, 6.45) is 3.09. The molecule has 0 aliphatic heterocycles. The van der Waals surface area contributed by atoms with Crippen LogP contribution in [0.15, 0.2) is 15.9 Å². The van der Waals surface area contributed by atoms with Crippen LogP contribution in [0.1, 0.15) is 16.1 Å². The molecule has 0 unspecified atom stereocenters. The first kappa shape index (κ1) is 12.1. The summed E-state index contributed by atoms with van der Waals surface area (Å²) in [6.45, 7) is 0.759. The van der Waals surface area contributed by atoms with E-state index in [1.807, 2.05) is 12.1 Å². The van der Waals surface area contributed by atoms with Gasteiger partial charge >= 0.3 is 0 Å². The Morgan fingerprint density at radius 2 is 2.43 bits per heavy atom. The van der Waals surface area contributed by atoms with Gasteiger partial charge in [0.2, 0.25) is 0 Å². The summed E-state index contributed by atoms with van der Waals surface area (Å²) >= 11 is 6.58. The zero-order chi connectivity index (χ0) is 10.4. The molecule has 0 aliphatic rings. The van der Waals surface area contributed by atoms with Crippen LogP contribution >= 0.6 is 39.0 Å². The predicted molar refractivity (Wildman–Crippen MR) is 67.4 cm³/mol. The molecule has 0 atom stereocenters. The van der Waals surface area contributed by atoms with E-state index in [4.69, 9.17) is 0 Å². The Kier molecular flexibility index (Phi) is 5.59. The van der Waals surface area contributed by atoms with E-state index in [9.17, 15) is 4.79 Å². The van der Waals surface area contributed by atoms with Gasteiger partial charge < -0.3 is 5.32 Å². The lowest BCUT2D eigenvalue weighted by atomic mass is 10.4. The molecule has 14 heavy (non-hydrogen) atoms. The first-order chi connectivity index (χ1) is 6.74. The third-order valence-corrected chi connectivity index (χ3v) is 3.93. The van der Waals surface area contributed by atoms with Gasteiger partial charge in [-0.3, -0.25) is 4.79 Å². The Labute approximate surface area is 101 Å². The molecule has 0 aliphatic carbocycles. The second-order valence-corrected chi connectivity index (χ2v) is 6.15. The van der Waals surface area contributed by atoms with Crippen molar-refractivity contribution in [2.24, 2.45) is 0 Å². The predicted octanol–water partition coefficient (Wildman–Crippen LogP) is 2.99. The van der Waals surface area contributed by atoms with Crippen LogP contribution in [0.4, 0.5) is 0 Å². The van der Waals surface area contributed by atoms with Crippen molar-refractivity contribution in [2.75, 3.05) is 18.6 Å². The second kappa shape index (κ2) is 6.48. The number of rotatable bonds is 5. The van der Waals surface area contributed by atoms with E-state index >= 15 is 0 Å². The zero-order valence-electron chi connectivity index (χ0n) is 7.88. The first-order valence-corrected chi connectivity index (χ1v) is 7.27. The van der Waals surface area contributed by atoms with E-state index in [0.29, 0.717) is 0 Å². The largest absolute Gasteiger partial charge is 0.351 e. The van der Waals surface area contributed by atoms with E-state index in [1.54, 1.807) is 11.8 Å². The maximum absolute atomic E-state index is 11.5. The fraction of sp³-hybridized carbons (Fsp3) is 0.444. The van der Waals surface area contributed by atoms with Gasteiger partial charge in [-0.05, 0) is 46.5 Å². The molecule has 1 rings (SSSR count). The molecule has 1 N–H and O–H groups in total. The summed E-state index contributed by atoms with van der Waals surface area (Å²) in [5, 5.41) is 2.88. The minimum absolute atomic E-state index is 0.0294. The maximum Gasteiger partial charge on any atom is 0.261 e. The van der Waals surface area contributed by atoms with Gasteiger partial charge in [-0.25, -0.2) is 0 Å². The summed E-state index contributed by atoms with van der Waals surface area (Å²) in [7, 11) is 0. The Hall–Kier alpha value is -0.0000000000000000833. The Balaban J connectivity index is 2.29. The highest BCUT2D eigenvalue weighted by Crippen LogP contribution is 2.21. The topological polar surface area (TPSA) is 29.1 Å². The number of hydrogen-bond donors (Lipinski definition) is 1. The van der Waals surface area contributed by atoms with Gasteiger partial charge in [0.05, 0.1) is 8.66 Å². The molecule has 5 heteroatoms. The summed E-state index contributed by atoms with van der Waals surface area (Å²) in [4.78, 5) is 12.3. The fourth-order valence-corrected chi connectivity index (χ4v) is 2.68. The molecular formula is C9H12BrNOS2. The lowest BCUT2D eigenvalue weighted by Crippen LogP contribution is -2.23. The number of nitrogens with one attached hydrogen (secondary N) is 1. The van der Waals surface area contributed by atoms with E-state index in [-0.39, 0.29) is 5.91 Å². The normalized spacial score (nSPS) is 10.1. The van der Waals surface area contributed by atoms with Crippen LogP contribution < -0.4 is 5.32 Å². The van der Waals surface area contributed by atoms with Crippen LogP contribution in [0.5, 0.6) is 0 Å². The van der Waals surface area contributed by atoms with E-state index in [0.717, 1.165) is 27.4 Å². The van der Waals surface area contributed by atoms with Gasteiger partial charge in [0.1, 0.15) is 0 Å². The molecule has 0 bridgehead atoms. The van der Waals surface area contributed by atoms with Crippen molar-refractivity contribution in [3.8, 4) is 0 Å². The van der Waals surface area contributed by atoms with Gasteiger partial charge in [-0.1, -0.05) is 0 Å². The van der Waals surface area contributed by atoms with Crippen molar-refractivity contribution >= 4 is 44.9 Å². The Morgan fingerprint density at radius 1 is 1.64 bits per heavy atom. The SMILES string of the molecule is CSCCCNC(=O)c1ccc(Br)s1. The highest BCUT2D eigenvalue weighted by atomic mass is 79.9. The molecule has 0 saturated heterocycles. The summed E-state index contributed by atoms with van der Waals surface area (Å²) in [5.74, 6) is 1.12. The third kappa shape index (κ3) is 4.02. The molecule has 1 aromatic heterocycles. The van der Waals surface area contributed by atoms with Gasteiger partial charge in [0, 0.05) is 6.54 Å². The van der Waals surface area contributed by atoms with Crippen molar-refractivity contribution in [3.63, 3.8) is 0 Å². The van der Waals surface area contributed by atoms with Gasteiger partial charge in [0.25, 0.3) is 5.91 Å². The number of halogens is 1. The molecule has 0 saturated carbocycles. The molecule has 0 aromatic carbocycles. The minimum Gasteiger partial charge on any atom is -0.351 e. The Bertz CT molecular complexity index is 301. The number of carbonyl (C=O) groups is 1. The van der Waals surface area contributed by atoms with Gasteiger partial charge in [-0.15, -0.1) is 11.3 Å². The van der Waals surface area contributed by atoms with Crippen LogP contribution in [0, 0.1) is 0 Å². The molecule has 1 amide bonds. The van der Waals surface area contributed by atoms with Crippen LogP contribution in [0.25, 0.3) is 0 Å². The smallest absolute Gasteiger partial charge is 0.261 e. The standard InChI is InChI=1S/C9H12BrNOS2/c1-13-6-2-5-11-9(12)7-3-4-8(10)14-7/h3-4H,2,5-6H2,1H3,(H,11,12). The number of carbonyl (C=O) groups excluding carboxylic acids is 1. The average Bonchev–Trinajstić information content (AvgIpc) is 2.59. The highest BCUT2D eigenvalue weighted by molar-refractivity contribution is 9.11. The quantitative estimate of drug-likeness (QED) is 0.846. The number of thioether (sulfide) groups is 1. The first-order valence-electron chi connectivity index (χ1n) is 4.26. The monoisotopic (exact) mass is 293 g/mol. The molecule has 2 nitrogen and oxygen atoms in total. The zero-order valence-corrected chi connectivity index (χ0v) is 11.1. The van der Waals surface area contributed by atoms with Crippen molar-refractivity contribution in [3.05, 3.63) is 20.8 Å². The number of amides is 1. The Morgan fingerprint density at radius 3 is 3.00 bits per heavy atom. The minimum atomic E-state index is 0.0294. The molecule has 0 spiro atoms. The highest BCUT2D eigenvalue weighted by Gasteiger charge is 2.06. The van der Waals surface area contributed by atoms with Crippen molar-refractivity contribution < 1.29 is 4.79 Å². The average molecular weight is 294 g/mol. The number of hydrogen-bond acceptors (Lipinski definition) is 3. The summed E-state index contributed by atoms with van der Waals surface area (Å²) in [5.41, 5.74) is 0. The van der Waals surface area contributed by atoms with Crippen LogP contribution in [-0.2, 0) is 0 Å². The second-order valence-electron chi connectivity index (χ2n) is 2.71. The summed E-state index contributed by atoms with van der Waals surface area (Å²) in [6, 6.07) is 3.72. The van der Waals surface area contributed by atoms with Crippen LogP contribution in [-0.4, -0.2) is 24.5 Å². The lowest BCUT2D eigenvalue weighted by molar-refractivity contribution is 0.0958.